The number of halogens is 1. The van der Waals surface area contributed by atoms with Crippen molar-refractivity contribution in [3.05, 3.63) is 0 Å². The second kappa shape index (κ2) is 4.52. The van der Waals surface area contributed by atoms with E-state index in [0.717, 1.165) is 19.7 Å². The minimum absolute atomic E-state index is 0. The highest BCUT2D eigenvalue weighted by molar-refractivity contribution is 14.0. The molecular formula is C5H12INO. The van der Waals surface area contributed by atoms with Gasteiger partial charge in [0.25, 0.3) is 0 Å². The SMILES string of the molecule is CC1CNCCO1.I. The lowest BCUT2D eigenvalue weighted by molar-refractivity contribution is 0.0410. The summed E-state index contributed by atoms with van der Waals surface area (Å²) in [5.74, 6) is 0. The molecule has 0 aliphatic carbocycles. The van der Waals surface area contributed by atoms with Crippen molar-refractivity contribution in [2.24, 2.45) is 0 Å². The molecular weight excluding hydrogens is 217 g/mol. The summed E-state index contributed by atoms with van der Waals surface area (Å²) in [6.45, 7) is 4.98. The van der Waals surface area contributed by atoms with Gasteiger partial charge in [-0.25, -0.2) is 0 Å². The molecule has 1 aliphatic heterocycles. The summed E-state index contributed by atoms with van der Waals surface area (Å²) in [4.78, 5) is 0. The van der Waals surface area contributed by atoms with Gasteiger partial charge in [-0.2, -0.15) is 0 Å². The molecule has 2 nitrogen and oxygen atoms in total. The van der Waals surface area contributed by atoms with Gasteiger partial charge in [-0.15, -0.1) is 24.0 Å². The molecule has 0 aromatic carbocycles. The molecule has 0 spiro atoms. The van der Waals surface area contributed by atoms with Crippen LogP contribution < -0.4 is 5.32 Å². The largest absolute Gasteiger partial charge is 0.376 e. The Labute approximate surface area is 67.0 Å². The Bertz CT molecular complexity index is 54.4. The molecule has 1 rings (SSSR count). The standard InChI is InChI=1S/C5H11NO.HI/c1-5-4-6-2-3-7-5;/h5-6H,2-4H2,1H3;1H. The molecule has 0 saturated carbocycles. The Hall–Kier alpha value is 0.650. The maximum Gasteiger partial charge on any atom is 0.0672 e. The predicted octanol–water partition coefficient (Wildman–Crippen LogP) is 0.613. The first-order valence-electron chi connectivity index (χ1n) is 2.72. The molecule has 1 heterocycles. The lowest BCUT2D eigenvalue weighted by Gasteiger charge is -2.18. The Kier molecular flexibility index (Phi) is 4.89. The van der Waals surface area contributed by atoms with Gasteiger partial charge >= 0.3 is 0 Å². The van der Waals surface area contributed by atoms with Crippen LogP contribution in [0.25, 0.3) is 0 Å². The molecule has 1 saturated heterocycles. The highest BCUT2D eigenvalue weighted by atomic mass is 127. The highest BCUT2D eigenvalue weighted by Gasteiger charge is 2.04. The topological polar surface area (TPSA) is 21.3 Å². The van der Waals surface area contributed by atoms with Crippen molar-refractivity contribution in [1.82, 2.24) is 5.32 Å². The summed E-state index contributed by atoms with van der Waals surface area (Å²) < 4.78 is 5.22. The molecule has 3 heteroatoms. The molecule has 1 N–H and O–H groups in total. The Morgan fingerprint density at radius 1 is 1.62 bits per heavy atom. The van der Waals surface area contributed by atoms with E-state index < -0.39 is 0 Å². The Morgan fingerprint density at radius 3 is 2.62 bits per heavy atom. The molecule has 50 valence electrons. The summed E-state index contributed by atoms with van der Waals surface area (Å²) in [6.07, 6.45) is 0.425. The molecule has 1 aliphatic rings. The Morgan fingerprint density at radius 2 is 2.38 bits per heavy atom. The lowest BCUT2D eigenvalue weighted by Crippen LogP contribution is -2.36. The summed E-state index contributed by atoms with van der Waals surface area (Å²) in [5, 5.41) is 3.21. The maximum atomic E-state index is 5.22. The normalized spacial score (nSPS) is 28.9. The zero-order valence-corrected chi connectivity index (χ0v) is 7.35. The number of morpholine rings is 1. The van der Waals surface area contributed by atoms with Gasteiger partial charge < -0.3 is 10.1 Å². The van der Waals surface area contributed by atoms with E-state index >= 15 is 0 Å². The first-order chi connectivity index (χ1) is 3.39. The van der Waals surface area contributed by atoms with Gasteiger partial charge in [0, 0.05) is 13.1 Å². The third-order valence-corrected chi connectivity index (χ3v) is 1.11. The monoisotopic (exact) mass is 229 g/mol. The minimum atomic E-state index is 0. The molecule has 8 heavy (non-hydrogen) atoms. The van der Waals surface area contributed by atoms with E-state index in [-0.39, 0.29) is 24.0 Å². The summed E-state index contributed by atoms with van der Waals surface area (Å²) in [5.41, 5.74) is 0. The number of ether oxygens (including phenoxy) is 1. The molecule has 1 atom stereocenters. The van der Waals surface area contributed by atoms with Crippen LogP contribution in [0.1, 0.15) is 6.92 Å². The molecule has 1 unspecified atom stereocenters. The molecule has 0 aromatic heterocycles. The van der Waals surface area contributed by atoms with E-state index in [1.807, 2.05) is 0 Å². The van der Waals surface area contributed by atoms with Crippen LogP contribution >= 0.6 is 24.0 Å². The third-order valence-electron chi connectivity index (χ3n) is 1.11. The van der Waals surface area contributed by atoms with E-state index in [0.29, 0.717) is 6.10 Å². The average Bonchev–Trinajstić information content (AvgIpc) is 1.69. The van der Waals surface area contributed by atoms with Crippen molar-refractivity contribution in [2.75, 3.05) is 19.7 Å². The summed E-state index contributed by atoms with van der Waals surface area (Å²) in [7, 11) is 0. The zero-order valence-electron chi connectivity index (χ0n) is 5.02. The molecule has 1 fully saturated rings. The quantitative estimate of drug-likeness (QED) is 0.614. The number of hydrogen-bond donors (Lipinski definition) is 1. The van der Waals surface area contributed by atoms with Gasteiger partial charge in [0.15, 0.2) is 0 Å². The molecule has 0 amide bonds. The van der Waals surface area contributed by atoms with Crippen molar-refractivity contribution >= 4 is 24.0 Å². The van der Waals surface area contributed by atoms with Gasteiger partial charge in [-0.1, -0.05) is 0 Å². The van der Waals surface area contributed by atoms with Crippen LogP contribution in [0.5, 0.6) is 0 Å². The van der Waals surface area contributed by atoms with Crippen molar-refractivity contribution < 1.29 is 4.74 Å². The van der Waals surface area contributed by atoms with Crippen molar-refractivity contribution in [2.45, 2.75) is 13.0 Å². The predicted molar refractivity (Wildman–Crippen MR) is 43.7 cm³/mol. The van der Waals surface area contributed by atoms with Gasteiger partial charge in [-0.3, -0.25) is 0 Å². The van der Waals surface area contributed by atoms with Gasteiger partial charge in [0.05, 0.1) is 12.7 Å². The van der Waals surface area contributed by atoms with Crippen LogP contribution in [-0.4, -0.2) is 25.8 Å². The van der Waals surface area contributed by atoms with Crippen LogP contribution in [0.3, 0.4) is 0 Å². The molecule has 0 aromatic rings. The second-order valence-electron chi connectivity index (χ2n) is 1.89. The number of hydrogen-bond acceptors (Lipinski definition) is 2. The fourth-order valence-corrected chi connectivity index (χ4v) is 0.697. The number of nitrogens with one attached hydrogen (secondary N) is 1. The smallest absolute Gasteiger partial charge is 0.0672 e. The lowest BCUT2D eigenvalue weighted by atomic mass is 10.3. The van der Waals surface area contributed by atoms with Crippen molar-refractivity contribution in [3.8, 4) is 0 Å². The van der Waals surface area contributed by atoms with E-state index in [2.05, 4.69) is 12.2 Å². The fourth-order valence-electron chi connectivity index (χ4n) is 0.697. The van der Waals surface area contributed by atoms with Crippen LogP contribution in [0.2, 0.25) is 0 Å². The minimum Gasteiger partial charge on any atom is -0.376 e. The molecule has 0 bridgehead atoms. The van der Waals surface area contributed by atoms with Gasteiger partial charge in [0.2, 0.25) is 0 Å². The maximum absolute atomic E-state index is 5.22. The number of rotatable bonds is 0. The third kappa shape index (κ3) is 2.84. The van der Waals surface area contributed by atoms with Crippen molar-refractivity contribution in [3.63, 3.8) is 0 Å². The highest BCUT2D eigenvalue weighted by Crippen LogP contribution is 1.91. The fraction of sp³-hybridized carbons (Fsp3) is 1.00. The van der Waals surface area contributed by atoms with Gasteiger partial charge in [-0.05, 0) is 6.92 Å². The van der Waals surface area contributed by atoms with Crippen molar-refractivity contribution in [1.29, 1.82) is 0 Å². The van der Waals surface area contributed by atoms with Crippen LogP contribution in [0.15, 0.2) is 0 Å². The van der Waals surface area contributed by atoms with Crippen LogP contribution in [-0.2, 0) is 4.74 Å². The first-order valence-corrected chi connectivity index (χ1v) is 2.72. The summed E-state index contributed by atoms with van der Waals surface area (Å²) in [6, 6.07) is 0. The Balaban J connectivity index is 0.000000490. The summed E-state index contributed by atoms with van der Waals surface area (Å²) >= 11 is 0. The first kappa shape index (κ1) is 8.65. The molecule has 0 radical (unpaired) electrons. The zero-order chi connectivity index (χ0) is 5.11. The van der Waals surface area contributed by atoms with Crippen LogP contribution in [0, 0.1) is 0 Å². The van der Waals surface area contributed by atoms with E-state index in [1.54, 1.807) is 0 Å². The van der Waals surface area contributed by atoms with E-state index in [9.17, 15) is 0 Å². The van der Waals surface area contributed by atoms with E-state index in [1.165, 1.54) is 0 Å². The van der Waals surface area contributed by atoms with Crippen LogP contribution in [0.4, 0.5) is 0 Å². The average molecular weight is 229 g/mol. The van der Waals surface area contributed by atoms with Gasteiger partial charge in [0.1, 0.15) is 0 Å². The van der Waals surface area contributed by atoms with E-state index in [4.69, 9.17) is 4.74 Å². The second-order valence-corrected chi connectivity index (χ2v) is 1.89.